The van der Waals surface area contributed by atoms with Gasteiger partial charge in [-0.2, -0.15) is 0 Å². The van der Waals surface area contributed by atoms with Gasteiger partial charge in [0.05, 0.1) is 0 Å². The zero-order valence-corrected chi connectivity index (χ0v) is 8.93. The molecule has 0 rings (SSSR count). The van der Waals surface area contributed by atoms with Crippen LogP contribution < -0.4 is 0 Å². The predicted octanol–water partition coefficient (Wildman–Crippen LogP) is 4.05. The minimum absolute atomic E-state index is 0.258. The number of allylic oxidation sites excluding steroid dienone is 2. The third-order valence-electron chi connectivity index (χ3n) is 3.43. The Labute approximate surface area is 77.4 Å². The van der Waals surface area contributed by atoms with E-state index in [1.807, 2.05) is 6.08 Å². The second-order valence-corrected chi connectivity index (χ2v) is 3.95. The molecule has 0 fully saturated rings. The molecule has 0 amide bonds. The van der Waals surface area contributed by atoms with E-state index >= 15 is 0 Å². The zero-order chi connectivity index (χ0) is 9.78. The van der Waals surface area contributed by atoms with Gasteiger partial charge in [-0.15, -0.1) is 13.2 Å². The summed E-state index contributed by atoms with van der Waals surface area (Å²) >= 11 is 0. The predicted molar refractivity (Wildman–Crippen MR) is 57.1 cm³/mol. The highest BCUT2D eigenvalue weighted by Crippen LogP contribution is 2.37. The Morgan fingerprint density at radius 3 is 2.08 bits per heavy atom. The van der Waals surface area contributed by atoms with Crippen molar-refractivity contribution in [1.29, 1.82) is 0 Å². The van der Waals surface area contributed by atoms with Gasteiger partial charge in [0.15, 0.2) is 0 Å². The van der Waals surface area contributed by atoms with Gasteiger partial charge in [-0.05, 0) is 23.7 Å². The highest BCUT2D eigenvalue weighted by Gasteiger charge is 2.28. The van der Waals surface area contributed by atoms with Crippen molar-refractivity contribution >= 4 is 0 Å². The molecule has 70 valence electrons. The summed E-state index contributed by atoms with van der Waals surface area (Å²) in [6, 6.07) is 0. The first-order chi connectivity index (χ1) is 5.51. The molecule has 0 aromatic rings. The first-order valence-electron chi connectivity index (χ1n) is 4.78. The molecule has 0 saturated heterocycles. The molecule has 12 heavy (non-hydrogen) atoms. The van der Waals surface area contributed by atoms with E-state index in [4.69, 9.17) is 0 Å². The topological polar surface area (TPSA) is 0 Å². The Kier molecular flexibility index (Phi) is 4.30. The highest BCUT2D eigenvalue weighted by molar-refractivity contribution is 4.98. The van der Waals surface area contributed by atoms with Crippen molar-refractivity contribution in [2.75, 3.05) is 0 Å². The monoisotopic (exact) mass is 166 g/mol. The molecule has 0 aromatic heterocycles. The van der Waals surface area contributed by atoms with Crippen LogP contribution in [0.3, 0.4) is 0 Å². The summed E-state index contributed by atoms with van der Waals surface area (Å²) < 4.78 is 0. The first-order valence-corrected chi connectivity index (χ1v) is 4.78. The third-order valence-corrected chi connectivity index (χ3v) is 3.43. The van der Waals surface area contributed by atoms with Gasteiger partial charge >= 0.3 is 0 Å². The van der Waals surface area contributed by atoms with Crippen molar-refractivity contribution in [3.05, 3.63) is 25.3 Å². The SMILES string of the molecule is C=C[C@@H](C)[C@H](C)[C@](C)(C=C)CC. The Morgan fingerprint density at radius 1 is 1.33 bits per heavy atom. The summed E-state index contributed by atoms with van der Waals surface area (Å²) in [6.45, 7) is 16.7. The molecule has 0 aliphatic rings. The molecule has 0 aromatic carbocycles. The fourth-order valence-corrected chi connectivity index (χ4v) is 1.46. The fraction of sp³-hybridized carbons (Fsp3) is 0.667. The van der Waals surface area contributed by atoms with Crippen LogP contribution in [0.5, 0.6) is 0 Å². The minimum atomic E-state index is 0.258. The quantitative estimate of drug-likeness (QED) is 0.541. The lowest BCUT2D eigenvalue weighted by atomic mass is 9.70. The molecule has 0 heteroatoms. The first kappa shape index (κ1) is 11.5. The van der Waals surface area contributed by atoms with E-state index in [0.717, 1.165) is 6.42 Å². The van der Waals surface area contributed by atoms with Gasteiger partial charge in [-0.3, -0.25) is 0 Å². The lowest BCUT2D eigenvalue weighted by Crippen LogP contribution is -2.26. The Hall–Kier alpha value is -0.520. The van der Waals surface area contributed by atoms with Gasteiger partial charge in [-0.1, -0.05) is 39.8 Å². The lowest BCUT2D eigenvalue weighted by molar-refractivity contribution is 0.220. The lowest BCUT2D eigenvalue weighted by Gasteiger charge is -2.34. The van der Waals surface area contributed by atoms with Crippen LogP contribution in [0, 0.1) is 17.3 Å². The molecular formula is C12H22. The van der Waals surface area contributed by atoms with Crippen LogP contribution in [0.2, 0.25) is 0 Å². The Morgan fingerprint density at radius 2 is 1.83 bits per heavy atom. The van der Waals surface area contributed by atoms with Gasteiger partial charge in [0.25, 0.3) is 0 Å². The van der Waals surface area contributed by atoms with Crippen molar-refractivity contribution in [2.24, 2.45) is 17.3 Å². The molecule has 0 spiro atoms. The van der Waals surface area contributed by atoms with Crippen LogP contribution in [-0.4, -0.2) is 0 Å². The van der Waals surface area contributed by atoms with Gasteiger partial charge in [0.1, 0.15) is 0 Å². The van der Waals surface area contributed by atoms with Crippen LogP contribution in [0.15, 0.2) is 25.3 Å². The largest absolute Gasteiger partial charge is 0.103 e. The van der Waals surface area contributed by atoms with Crippen molar-refractivity contribution in [3.63, 3.8) is 0 Å². The molecule has 3 atom stereocenters. The summed E-state index contributed by atoms with van der Waals surface area (Å²) in [5.74, 6) is 1.19. The average Bonchev–Trinajstić information content (AvgIpc) is 2.14. The molecule has 0 saturated carbocycles. The van der Waals surface area contributed by atoms with Crippen LogP contribution in [0.25, 0.3) is 0 Å². The number of hydrogen-bond donors (Lipinski definition) is 0. The Balaban J connectivity index is 4.50. The van der Waals surface area contributed by atoms with Crippen LogP contribution in [0.4, 0.5) is 0 Å². The molecule has 0 bridgehead atoms. The summed E-state index contributed by atoms with van der Waals surface area (Å²) in [6.07, 6.45) is 5.26. The number of hydrogen-bond acceptors (Lipinski definition) is 0. The molecule has 0 aliphatic heterocycles. The normalized spacial score (nSPS) is 20.7. The Bertz CT molecular complexity index is 157. The second-order valence-electron chi connectivity index (χ2n) is 3.95. The van der Waals surface area contributed by atoms with Gasteiger partial charge < -0.3 is 0 Å². The van der Waals surface area contributed by atoms with E-state index in [2.05, 4.69) is 46.9 Å². The summed E-state index contributed by atoms with van der Waals surface area (Å²) in [4.78, 5) is 0. The van der Waals surface area contributed by atoms with Crippen molar-refractivity contribution in [2.45, 2.75) is 34.1 Å². The molecular weight excluding hydrogens is 144 g/mol. The second kappa shape index (κ2) is 4.49. The van der Waals surface area contributed by atoms with Gasteiger partial charge in [0.2, 0.25) is 0 Å². The molecule has 0 aliphatic carbocycles. The zero-order valence-electron chi connectivity index (χ0n) is 8.93. The summed E-state index contributed by atoms with van der Waals surface area (Å²) in [5, 5.41) is 0. The smallest absolute Gasteiger partial charge is 0.0121 e. The van der Waals surface area contributed by atoms with E-state index in [9.17, 15) is 0 Å². The molecule has 0 unspecified atom stereocenters. The van der Waals surface area contributed by atoms with E-state index in [1.54, 1.807) is 0 Å². The van der Waals surface area contributed by atoms with Crippen LogP contribution >= 0.6 is 0 Å². The minimum Gasteiger partial charge on any atom is -0.103 e. The van der Waals surface area contributed by atoms with Crippen molar-refractivity contribution in [3.8, 4) is 0 Å². The maximum absolute atomic E-state index is 3.91. The highest BCUT2D eigenvalue weighted by atomic mass is 14.3. The standard InChI is InChI=1S/C12H22/c1-7-10(4)11(5)12(6,8-2)9-3/h7-8,10-11H,1-2,9H2,3-6H3/t10-,11+,12-/m1/s1. The average molecular weight is 166 g/mol. The van der Waals surface area contributed by atoms with Crippen LogP contribution in [0.1, 0.15) is 34.1 Å². The molecule has 0 N–H and O–H groups in total. The number of rotatable bonds is 5. The summed E-state index contributed by atoms with van der Waals surface area (Å²) in [5.41, 5.74) is 0.258. The fourth-order valence-electron chi connectivity index (χ4n) is 1.46. The third kappa shape index (κ3) is 2.23. The maximum Gasteiger partial charge on any atom is -0.0121 e. The van der Waals surface area contributed by atoms with E-state index in [1.165, 1.54) is 0 Å². The molecule has 0 radical (unpaired) electrons. The van der Waals surface area contributed by atoms with Crippen molar-refractivity contribution < 1.29 is 0 Å². The van der Waals surface area contributed by atoms with E-state index in [0.29, 0.717) is 11.8 Å². The van der Waals surface area contributed by atoms with Crippen molar-refractivity contribution in [1.82, 2.24) is 0 Å². The molecule has 0 heterocycles. The summed E-state index contributed by atoms with van der Waals surface area (Å²) in [7, 11) is 0. The maximum atomic E-state index is 3.91. The van der Waals surface area contributed by atoms with Gasteiger partial charge in [-0.25, -0.2) is 0 Å². The van der Waals surface area contributed by atoms with E-state index < -0.39 is 0 Å². The van der Waals surface area contributed by atoms with E-state index in [-0.39, 0.29) is 5.41 Å². The molecule has 0 nitrogen and oxygen atoms in total. The van der Waals surface area contributed by atoms with Crippen LogP contribution in [-0.2, 0) is 0 Å². The van der Waals surface area contributed by atoms with Gasteiger partial charge in [0, 0.05) is 0 Å².